The maximum Gasteiger partial charge on any atom is 0.622 e. The molecule has 5 heavy (non-hydrogen) atoms. The highest BCUT2D eigenvalue weighted by molar-refractivity contribution is 7.79. The molecule has 0 aromatic carbocycles. The van der Waals surface area contributed by atoms with E-state index in [1.165, 1.54) is 0 Å². The van der Waals surface area contributed by atoms with Crippen LogP contribution in [0.25, 0.3) is 0 Å². The van der Waals surface area contributed by atoms with Gasteiger partial charge in [-0.1, -0.05) is 9.47 Å². The lowest BCUT2D eigenvalue weighted by atomic mass is 13.9. The number of hydrogen-bond acceptors (Lipinski definition) is 3. The van der Waals surface area contributed by atoms with Crippen LogP contribution >= 0.6 is 21.1 Å². The maximum atomic E-state index is 9.44. The fraction of sp³-hybridized carbons (Fsp3) is 0. The first-order valence-corrected chi connectivity index (χ1v) is 2.42. The molecule has 30 valence electrons. The van der Waals surface area contributed by atoms with Crippen LogP contribution in [0.3, 0.4) is 0 Å². The summed E-state index contributed by atoms with van der Waals surface area (Å²) in [5, 5.41) is 0. The van der Waals surface area contributed by atoms with E-state index in [1.807, 2.05) is 0 Å². The van der Waals surface area contributed by atoms with Crippen molar-refractivity contribution in [1.29, 1.82) is 0 Å². The highest BCUT2D eigenvalue weighted by atomic mass is 32.1. The van der Waals surface area contributed by atoms with Gasteiger partial charge in [0.1, 0.15) is 0 Å². The van der Waals surface area contributed by atoms with E-state index >= 15 is 0 Å². The van der Waals surface area contributed by atoms with Crippen molar-refractivity contribution in [3.8, 4) is 0 Å². The van der Waals surface area contributed by atoms with Gasteiger partial charge < -0.3 is 0 Å². The van der Waals surface area contributed by atoms with Crippen molar-refractivity contribution in [3.63, 3.8) is 0 Å². The van der Waals surface area contributed by atoms with Gasteiger partial charge in [-0.25, -0.2) is 0 Å². The SMILES string of the molecule is N[P+](=O)OS. The minimum atomic E-state index is -1.98. The summed E-state index contributed by atoms with van der Waals surface area (Å²) in [5.41, 5.74) is 4.50. The molecule has 0 aliphatic rings. The van der Waals surface area contributed by atoms with Crippen molar-refractivity contribution in [1.82, 2.24) is 0 Å². The highest BCUT2D eigenvalue weighted by Crippen LogP contribution is 2.09. The van der Waals surface area contributed by atoms with E-state index in [-0.39, 0.29) is 0 Å². The van der Waals surface area contributed by atoms with Gasteiger partial charge >= 0.3 is 8.18 Å². The second kappa shape index (κ2) is 2.60. The van der Waals surface area contributed by atoms with E-state index in [0.717, 1.165) is 0 Å². The second-order valence-corrected chi connectivity index (χ2v) is 1.59. The van der Waals surface area contributed by atoms with E-state index in [2.05, 4.69) is 22.4 Å². The molecule has 1 unspecified atom stereocenters. The van der Waals surface area contributed by atoms with Crippen LogP contribution in [0.15, 0.2) is 0 Å². The van der Waals surface area contributed by atoms with Crippen LogP contribution in [0.4, 0.5) is 0 Å². The lowest BCUT2D eigenvalue weighted by Gasteiger charge is -1.55. The topological polar surface area (TPSA) is 52.3 Å². The van der Waals surface area contributed by atoms with Gasteiger partial charge in [0.15, 0.2) is 0 Å². The van der Waals surface area contributed by atoms with Crippen LogP contribution < -0.4 is 5.50 Å². The number of hydrogen-bond donors (Lipinski definition) is 2. The monoisotopic (exact) mass is 112 g/mol. The Morgan fingerprint density at radius 3 is 2.20 bits per heavy atom. The third-order valence-electron chi connectivity index (χ3n) is 0.0805. The third-order valence-corrected chi connectivity index (χ3v) is 0.724. The average molecular weight is 112 g/mol. The standard InChI is InChI=1S/H2NO2PS/c1-4(2)3-5/h(H2-,1,2,5)/p+1. The molecule has 0 bridgehead atoms. The molecule has 2 N–H and O–H groups in total. The van der Waals surface area contributed by atoms with Gasteiger partial charge in [0.2, 0.25) is 0 Å². The fourth-order valence-electron chi connectivity index (χ4n) is 0. The van der Waals surface area contributed by atoms with Crippen molar-refractivity contribution in [3.05, 3.63) is 0 Å². The molecular weight excluding hydrogens is 109 g/mol. The van der Waals surface area contributed by atoms with E-state index in [9.17, 15) is 4.57 Å². The maximum absolute atomic E-state index is 9.44. The average Bonchev–Trinajstić information content (AvgIpc) is 1.38. The molecule has 0 rings (SSSR count). The molecule has 3 nitrogen and oxygen atoms in total. The second-order valence-electron chi connectivity index (χ2n) is 0.367. The molecule has 0 radical (unpaired) electrons. The molecular formula is H3NO2PS+. The molecule has 0 aromatic rings. The first kappa shape index (κ1) is 5.37. The molecule has 0 amide bonds. The first-order chi connectivity index (χ1) is 2.27. The molecule has 5 heteroatoms. The number of rotatable bonds is 1. The van der Waals surface area contributed by atoms with E-state index < -0.39 is 8.18 Å². The lowest BCUT2D eigenvalue weighted by molar-refractivity contribution is 0.538. The first-order valence-electron chi connectivity index (χ1n) is 0.806. The van der Waals surface area contributed by atoms with Gasteiger partial charge in [-0.3, -0.25) is 0 Å². The van der Waals surface area contributed by atoms with Gasteiger partial charge in [-0.2, -0.15) is 0 Å². The van der Waals surface area contributed by atoms with Crippen molar-refractivity contribution < 1.29 is 8.54 Å². The highest BCUT2D eigenvalue weighted by Gasteiger charge is 2.00. The Labute approximate surface area is 36.0 Å². The summed E-state index contributed by atoms with van der Waals surface area (Å²) >= 11 is 3.11. The molecule has 0 heterocycles. The molecule has 0 spiro atoms. The summed E-state index contributed by atoms with van der Waals surface area (Å²) in [6.45, 7) is 0. The predicted octanol–water partition coefficient (Wildman–Crippen LogP) is 0.464. The summed E-state index contributed by atoms with van der Waals surface area (Å²) in [7, 11) is -1.98. The van der Waals surface area contributed by atoms with Crippen molar-refractivity contribution in [2.45, 2.75) is 0 Å². The number of thiol groups is 1. The lowest BCUT2D eigenvalue weighted by Crippen LogP contribution is -1.71. The van der Waals surface area contributed by atoms with Gasteiger partial charge in [-0.15, -0.1) is 0 Å². The van der Waals surface area contributed by atoms with E-state index in [0.29, 0.717) is 0 Å². The molecule has 1 atom stereocenters. The molecule has 0 fully saturated rings. The van der Waals surface area contributed by atoms with Gasteiger partial charge in [0.05, 0.1) is 0 Å². The van der Waals surface area contributed by atoms with E-state index in [4.69, 9.17) is 0 Å². The molecule has 0 aromatic heterocycles. The van der Waals surface area contributed by atoms with Crippen LogP contribution in [0.1, 0.15) is 0 Å². The van der Waals surface area contributed by atoms with Crippen LogP contribution in [0, 0.1) is 0 Å². The van der Waals surface area contributed by atoms with Crippen LogP contribution in [0.5, 0.6) is 0 Å². The van der Waals surface area contributed by atoms with Crippen molar-refractivity contribution in [2.75, 3.05) is 0 Å². The fourth-order valence-corrected chi connectivity index (χ4v) is 0. The third kappa shape index (κ3) is 4.37. The zero-order valence-electron chi connectivity index (χ0n) is 2.29. The molecule has 0 aliphatic heterocycles. The van der Waals surface area contributed by atoms with Gasteiger partial charge in [-0.05, 0) is 4.57 Å². The Morgan fingerprint density at radius 2 is 2.20 bits per heavy atom. The minimum Gasteiger partial charge on any atom is -0.0914 e. The Bertz CT molecular complexity index is 44.9. The Balaban J connectivity index is 2.85. The van der Waals surface area contributed by atoms with Crippen molar-refractivity contribution >= 4 is 21.1 Å². The zero-order chi connectivity index (χ0) is 4.28. The van der Waals surface area contributed by atoms with Crippen LogP contribution in [-0.4, -0.2) is 0 Å². The summed E-state index contributed by atoms with van der Waals surface area (Å²) in [4.78, 5) is 0. The smallest absolute Gasteiger partial charge is 0.0914 e. The van der Waals surface area contributed by atoms with Crippen LogP contribution in [-0.2, 0) is 8.54 Å². The Hall–Kier alpha value is 0.370. The summed E-state index contributed by atoms with van der Waals surface area (Å²) < 4.78 is 13.2. The predicted molar refractivity (Wildman–Crippen MR) is 21.9 cm³/mol. The minimum absolute atomic E-state index is 1.98. The molecule has 0 saturated carbocycles. The van der Waals surface area contributed by atoms with Crippen molar-refractivity contribution in [2.24, 2.45) is 5.50 Å². The molecule has 0 saturated heterocycles. The summed E-state index contributed by atoms with van der Waals surface area (Å²) in [6, 6.07) is 0. The van der Waals surface area contributed by atoms with Gasteiger partial charge in [0.25, 0.3) is 0 Å². The normalized spacial score (nSPS) is 11.2. The molecule has 0 aliphatic carbocycles. The zero-order valence-corrected chi connectivity index (χ0v) is 4.08. The summed E-state index contributed by atoms with van der Waals surface area (Å²) in [5.74, 6) is 0. The van der Waals surface area contributed by atoms with Gasteiger partial charge in [0, 0.05) is 12.9 Å². The largest absolute Gasteiger partial charge is 0.622 e. The van der Waals surface area contributed by atoms with Crippen LogP contribution in [0.2, 0.25) is 0 Å². The number of nitrogens with two attached hydrogens (primary N) is 1. The Kier molecular flexibility index (Phi) is 2.79. The van der Waals surface area contributed by atoms with E-state index in [1.54, 1.807) is 0 Å². The Morgan fingerprint density at radius 1 is 2.00 bits per heavy atom. The summed E-state index contributed by atoms with van der Waals surface area (Å²) in [6.07, 6.45) is 0. The quantitative estimate of drug-likeness (QED) is 0.294.